The largest absolute Gasteiger partial charge is 0.310 e. The molecular formula is C17H24N4. The molecular weight excluding hydrogens is 260 g/mol. The van der Waals surface area contributed by atoms with Gasteiger partial charge >= 0.3 is 0 Å². The fraction of sp³-hybridized carbons (Fsp3) is 0.529. The smallest absolute Gasteiger partial charge is 0.0830 e. The zero-order chi connectivity index (χ0) is 14.7. The van der Waals surface area contributed by atoms with Gasteiger partial charge in [-0.25, -0.2) is 0 Å². The molecule has 0 saturated heterocycles. The van der Waals surface area contributed by atoms with E-state index in [9.17, 15) is 0 Å². The first-order valence-corrected chi connectivity index (χ1v) is 7.94. The highest BCUT2D eigenvalue weighted by Crippen LogP contribution is 2.36. The third-order valence-corrected chi connectivity index (χ3v) is 4.38. The number of nitrogens with one attached hydrogen (secondary N) is 1. The van der Waals surface area contributed by atoms with Crippen LogP contribution >= 0.6 is 0 Å². The molecule has 112 valence electrons. The van der Waals surface area contributed by atoms with Gasteiger partial charge in [0.1, 0.15) is 0 Å². The van der Waals surface area contributed by atoms with E-state index in [1.807, 2.05) is 13.2 Å². The number of benzene rings is 1. The summed E-state index contributed by atoms with van der Waals surface area (Å²) >= 11 is 0. The molecule has 0 aliphatic heterocycles. The Kier molecular flexibility index (Phi) is 4.34. The maximum atomic E-state index is 4.27. The van der Waals surface area contributed by atoms with E-state index in [2.05, 4.69) is 46.8 Å². The van der Waals surface area contributed by atoms with Crippen molar-refractivity contribution in [3.8, 4) is 0 Å². The molecule has 2 unspecified atom stereocenters. The maximum absolute atomic E-state index is 4.27. The van der Waals surface area contributed by atoms with E-state index >= 15 is 0 Å². The van der Waals surface area contributed by atoms with E-state index in [0.29, 0.717) is 12.0 Å². The van der Waals surface area contributed by atoms with Crippen molar-refractivity contribution in [3.63, 3.8) is 0 Å². The molecule has 1 N–H and O–H groups in total. The molecule has 4 nitrogen and oxygen atoms in total. The average molecular weight is 284 g/mol. The van der Waals surface area contributed by atoms with Gasteiger partial charge in [-0.05, 0) is 49.3 Å². The predicted molar refractivity (Wildman–Crippen MR) is 84.0 cm³/mol. The molecule has 1 aliphatic rings. The van der Waals surface area contributed by atoms with Crippen molar-refractivity contribution in [3.05, 3.63) is 47.3 Å². The SMILES string of the molecule is CCCNC1c2ccccc2CCC1Cc1cn(C)nn1. The second kappa shape index (κ2) is 6.39. The first kappa shape index (κ1) is 14.3. The monoisotopic (exact) mass is 284 g/mol. The Labute approximate surface area is 126 Å². The van der Waals surface area contributed by atoms with Gasteiger partial charge in [-0.2, -0.15) is 0 Å². The van der Waals surface area contributed by atoms with E-state index in [0.717, 1.165) is 25.1 Å². The summed E-state index contributed by atoms with van der Waals surface area (Å²) in [6.07, 6.45) is 6.60. The summed E-state index contributed by atoms with van der Waals surface area (Å²) in [4.78, 5) is 0. The fourth-order valence-electron chi connectivity index (χ4n) is 3.38. The average Bonchev–Trinajstić information content (AvgIpc) is 2.91. The van der Waals surface area contributed by atoms with Crippen molar-refractivity contribution in [1.29, 1.82) is 0 Å². The summed E-state index contributed by atoms with van der Waals surface area (Å²) in [5.74, 6) is 0.600. The summed E-state index contributed by atoms with van der Waals surface area (Å²) in [5, 5.41) is 12.1. The van der Waals surface area contributed by atoms with E-state index in [1.54, 1.807) is 4.68 Å². The summed E-state index contributed by atoms with van der Waals surface area (Å²) in [6, 6.07) is 9.31. The molecule has 0 amide bonds. The van der Waals surface area contributed by atoms with E-state index in [-0.39, 0.29) is 0 Å². The van der Waals surface area contributed by atoms with Crippen LogP contribution in [-0.4, -0.2) is 21.5 Å². The second-order valence-electron chi connectivity index (χ2n) is 6.02. The van der Waals surface area contributed by atoms with Crippen LogP contribution < -0.4 is 5.32 Å². The van der Waals surface area contributed by atoms with Crippen molar-refractivity contribution in [2.24, 2.45) is 13.0 Å². The number of aromatic nitrogens is 3. The van der Waals surface area contributed by atoms with Crippen LogP contribution in [0.4, 0.5) is 0 Å². The lowest BCUT2D eigenvalue weighted by Gasteiger charge is -2.34. The molecule has 0 fully saturated rings. The van der Waals surface area contributed by atoms with Crippen molar-refractivity contribution in [2.45, 2.75) is 38.6 Å². The highest BCUT2D eigenvalue weighted by atomic mass is 15.4. The van der Waals surface area contributed by atoms with Crippen LogP contribution in [0.15, 0.2) is 30.5 Å². The maximum Gasteiger partial charge on any atom is 0.0830 e. The van der Waals surface area contributed by atoms with Crippen molar-refractivity contribution < 1.29 is 0 Å². The van der Waals surface area contributed by atoms with Gasteiger partial charge in [-0.3, -0.25) is 4.68 Å². The van der Waals surface area contributed by atoms with E-state index in [4.69, 9.17) is 0 Å². The van der Waals surface area contributed by atoms with Gasteiger partial charge in [0.2, 0.25) is 0 Å². The van der Waals surface area contributed by atoms with Crippen LogP contribution in [0.3, 0.4) is 0 Å². The Bertz CT molecular complexity index is 590. The highest BCUT2D eigenvalue weighted by Gasteiger charge is 2.29. The molecule has 2 atom stereocenters. The third-order valence-electron chi connectivity index (χ3n) is 4.38. The predicted octanol–water partition coefficient (Wildman–Crippen LogP) is 2.66. The molecule has 1 aromatic heterocycles. The molecule has 4 heteroatoms. The van der Waals surface area contributed by atoms with Gasteiger partial charge in [-0.15, -0.1) is 5.10 Å². The molecule has 0 spiro atoms. The fourth-order valence-corrected chi connectivity index (χ4v) is 3.38. The summed E-state index contributed by atoms with van der Waals surface area (Å²) < 4.78 is 1.79. The Morgan fingerprint density at radius 3 is 2.95 bits per heavy atom. The lowest BCUT2D eigenvalue weighted by Crippen LogP contribution is -2.34. The van der Waals surface area contributed by atoms with Crippen LogP contribution in [0, 0.1) is 5.92 Å². The molecule has 2 aromatic rings. The number of hydrogen-bond donors (Lipinski definition) is 1. The molecule has 0 bridgehead atoms. The Balaban J connectivity index is 1.82. The van der Waals surface area contributed by atoms with Gasteiger partial charge in [0.15, 0.2) is 0 Å². The Morgan fingerprint density at radius 2 is 2.19 bits per heavy atom. The summed E-state index contributed by atoms with van der Waals surface area (Å²) in [6.45, 7) is 3.29. The molecule has 0 saturated carbocycles. The minimum atomic E-state index is 0.442. The summed E-state index contributed by atoms with van der Waals surface area (Å²) in [5.41, 5.74) is 4.08. The number of nitrogens with zero attached hydrogens (tertiary/aromatic N) is 3. The number of rotatable bonds is 5. The van der Waals surface area contributed by atoms with Crippen LogP contribution in [-0.2, 0) is 19.9 Å². The quantitative estimate of drug-likeness (QED) is 0.918. The van der Waals surface area contributed by atoms with Gasteiger partial charge in [-0.1, -0.05) is 36.4 Å². The van der Waals surface area contributed by atoms with Gasteiger partial charge < -0.3 is 5.32 Å². The minimum Gasteiger partial charge on any atom is -0.310 e. The third kappa shape index (κ3) is 3.16. The first-order chi connectivity index (χ1) is 10.3. The van der Waals surface area contributed by atoms with Crippen LogP contribution in [0.2, 0.25) is 0 Å². The molecule has 21 heavy (non-hydrogen) atoms. The molecule has 3 rings (SSSR count). The lowest BCUT2D eigenvalue weighted by atomic mass is 9.77. The van der Waals surface area contributed by atoms with Crippen LogP contribution in [0.1, 0.15) is 42.6 Å². The van der Waals surface area contributed by atoms with Crippen molar-refractivity contribution in [2.75, 3.05) is 6.54 Å². The molecule has 1 aliphatic carbocycles. The highest BCUT2D eigenvalue weighted by molar-refractivity contribution is 5.33. The van der Waals surface area contributed by atoms with Crippen LogP contribution in [0.25, 0.3) is 0 Å². The van der Waals surface area contributed by atoms with E-state index in [1.165, 1.54) is 24.0 Å². The minimum absolute atomic E-state index is 0.442. The zero-order valence-electron chi connectivity index (χ0n) is 12.9. The number of aryl methyl sites for hydroxylation is 2. The Hall–Kier alpha value is -1.68. The topological polar surface area (TPSA) is 42.7 Å². The van der Waals surface area contributed by atoms with Gasteiger partial charge in [0.25, 0.3) is 0 Å². The zero-order valence-corrected chi connectivity index (χ0v) is 12.9. The van der Waals surface area contributed by atoms with Crippen LogP contribution in [0.5, 0.6) is 0 Å². The molecule has 1 aromatic carbocycles. The summed E-state index contributed by atoms with van der Waals surface area (Å²) in [7, 11) is 1.93. The molecule has 1 heterocycles. The second-order valence-corrected chi connectivity index (χ2v) is 6.02. The number of fused-ring (bicyclic) bond motifs is 1. The normalized spacial score (nSPS) is 21.2. The van der Waals surface area contributed by atoms with Gasteiger partial charge in [0.05, 0.1) is 5.69 Å². The molecule has 0 radical (unpaired) electrons. The van der Waals surface area contributed by atoms with Crippen molar-refractivity contribution >= 4 is 0 Å². The van der Waals surface area contributed by atoms with E-state index < -0.39 is 0 Å². The Morgan fingerprint density at radius 1 is 1.33 bits per heavy atom. The lowest BCUT2D eigenvalue weighted by molar-refractivity contribution is 0.317. The first-order valence-electron chi connectivity index (χ1n) is 7.94. The van der Waals surface area contributed by atoms with Gasteiger partial charge in [0, 0.05) is 19.3 Å². The standard InChI is InChI=1S/C17H24N4/c1-3-10-18-17-14(11-15-12-21(2)20-19-15)9-8-13-6-4-5-7-16(13)17/h4-7,12,14,17-18H,3,8-11H2,1-2H3. The van der Waals surface area contributed by atoms with Crippen molar-refractivity contribution in [1.82, 2.24) is 20.3 Å². The number of hydrogen-bond acceptors (Lipinski definition) is 3.